The van der Waals surface area contributed by atoms with E-state index in [-0.39, 0.29) is 0 Å². The highest BCUT2D eigenvalue weighted by Gasteiger charge is 2.67. The third-order valence-corrected chi connectivity index (χ3v) is 9.13. The predicted molar refractivity (Wildman–Crippen MR) is 146 cm³/mol. The maximum Gasteiger partial charge on any atom is 0.488 e. The van der Waals surface area contributed by atoms with Crippen LogP contribution >= 0.6 is 11.6 Å². The van der Waals surface area contributed by atoms with Gasteiger partial charge in [0.05, 0.1) is 15.9 Å². The van der Waals surface area contributed by atoms with E-state index in [1.165, 1.54) is 30.3 Å². The molecule has 1 heterocycles. The molecule has 0 aromatic heterocycles. The van der Waals surface area contributed by atoms with Crippen molar-refractivity contribution in [2.75, 3.05) is 7.11 Å². The first-order valence-electron chi connectivity index (χ1n) is 12.3. The van der Waals surface area contributed by atoms with Crippen LogP contribution in [-0.2, 0) is 35.4 Å². The van der Waals surface area contributed by atoms with Crippen LogP contribution in [0, 0.1) is 0 Å². The third kappa shape index (κ3) is 5.79. The predicted octanol–water partition coefficient (Wildman–Crippen LogP) is 6.41. The minimum absolute atomic E-state index is 0.323. The van der Waals surface area contributed by atoms with E-state index in [1.54, 1.807) is 60.6 Å². The van der Waals surface area contributed by atoms with Crippen LogP contribution < -0.4 is 0 Å². The first-order chi connectivity index (χ1) is 17.8. The Labute approximate surface area is 235 Å². The standard InChI is InChI=1S/C27H34BClF3NO5S/c1-23(2,3)39(35)33(22(34)26(36-8,27(30,31)32)19-12-10-9-11-13-19)21(18-14-16-20(29)17-15-18)28-37-24(4,5)25(6,7)38-28/h9-17,21H,1-8H3/t21-,26+,39+/m0/s1. The van der Waals surface area contributed by atoms with Crippen LogP contribution in [0.5, 0.6) is 0 Å². The van der Waals surface area contributed by atoms with Gasteiger partial charge in [-0.2, -0.15) is 13.2 Å². The molecule has 0 bridgehead atoms. The average Bonchev–Trinajstić information content (AvgIpc) is 3.04. The molecule has 1 aliphatic rings. The van der Waals surface area contributed by atoms with E-state index in [4.69, 9.17) is 25.6 Å². The van der Waals surface area contributed by atoms with Crippen LogP contribution in [0.2, 0.25) is 5.02 Å². The fourth-order valence-corrected chi connectivity index (χ4v) is 5.66. The van der Waals surface area contributed by atoms with Gasteiger partial charge < -0.3 is 14.0 Å². The maximum absolute atomic E-state index is 15.0. The van der Waals surface area contributed by atoms with Crippen LogP contribution in [0.15, 0.2) is 54.6 Å². The Bertz CT molecular complexity index is 1190. The maximum atomic E-state index is 15.0. The summed E-state index contributed by atoms with van der Waals surface area (Å²) in [6, 6.07) is 12.7. The number of amides is 1. The average molecular weight is 588 g/mol. The van der Waals surface area contributed by atoms with Crippen LogP contribution in [0.4, 0.5) is 13.2 Å². The number of alkyl halides is 3. The van der Waals surface area contributed by atoms with Gasteiger partial charge in [0.2, 0.25) is 0 Å². The minimum Gasteiger partial charge on any atom is -0.402 e. The molecule has 2 aromatic carbocycles. The Morgan fingerprint density at radius 2 is 1.46 bits per heavy atom. The zero-order valence-corrected chi connectivity index (χ0v) is 24.8. The molecule has 1 saturated heterocycles. The molecule has 0 radical (unpaired) electrons. The quantitative estimate of drug-likeness (QED) is 0.351. The summed E-state index contributed by atoms with van der Waals surface area (Å²) in [6.07, 6.45) is -5.22. The molecule has 0 unspecified atom stereocenters. The Kier molecular flexibility index (Phi) is 8.77. The molecule has 1 amide bonds. The molecule has 0 N–H and O–H groups in total. The van der Waals surface area contributed by atoms with Gasteiger partial charge in [-0.15, -0.1) is 0 Å². The second-order valence-corrected chi connectivity index (χ2v) is 13.9. The van der Waals surface area contributed by atoms with Crippen molar-refractivity contribution < 1.29 is 36.2 Å². The monoisotopic (exact) mass is 587 g/mol. The minimum atomic E-state index is -5.22. The number of carbonyl (C=O) groups excluding carboxylic acids is 1. The third-order valence-electron chi connectivity index (χ3n) is 7.08. The van der Waals surface area contributed by atoms with Crippen LogP contribution in [0.25, 0.3) is 0 Å². The molecule has 0 spiro atoms. The number of methoxy groups -OCH3 is 1. The van der Waals surface area contributed by atoms with Crippen molar-refractivity contribution in [3.05, 3.63) is 70.7 Å². The van der Waals surface area contributed by atoms with E-state index in [9.17, 15) is 9.00 Å². The van der Waals surface area contributed by atoms with Crippen molar-refractivity contribution in [1.82, 2.24) is 4.31 Å². The number of carbonyl (C=O) groups is 1. The van der Waals surface area contributed by atoms with Gasteiger partial charge in [0.1, 0.15) is 16.9 Å². The highest BCUT2D eigenvalue weighted by molar-refractivity contribution is 7.84. The second-order valence-electron chi connectivity index (χ2n) is 11.4. The summed E-state index contributed by atoms with van der Waals surface area (Å²) < 4.78 is 76.3. The molecule has 3 rings (SSSR count). The summed E-state index contributed by atoms with van der Waals surface area (Å²) in [7, 11) is -2.80. The number of rotatable bonds is 7. The van der Waals surface area contributed by atoms with Gasteiger partial charge in [-0.3, -0.25) is 9.10 Å². The van der Waals surface area contributed by atoms with Crippen molar-refractivity contribution in [3.63, 3.8) is 0 Å². The zero-order valence-electron chi connectivity index (χ0n) is 23.3. The molecule has 1 aliphatic heterocycles. The van der Waals surface area contributed by atoms with E-state index in [2.05, 4.69) is 0 Å². The Morgan fingerprint density at radius 3 is 1.87 bits per heavy atom. The Hall–Kier alpha value is -1.92. The number of halogens is 4. The summed E-state index contributed by atoms with van der Waals surface area (Å²) in [5, 5.41) is 0.368. The summed E-state index contributed by atoms with van der Waals surface area (Å²) >= 11 is 6.11. The molecule has 12 heteroatoms. The molecule has 2 aromatic rings. The molecular formula is C27H34BClF3NO5S. The van der Waals surface area contributed by atoms with Gasteiger partial charge in [0.15, 0.2) is 0 Å². The van der Waals surface area contributed by atoms with E-state index in [1.807, 2.05) is 0 Å². The van der Waals surface area contributed by atoms with Gasteiger partial charge in [-0.25, -0.2) is 4.21 Å². The van der Waals surface area contributed by atoms with Gasteiger partial charge in [-0.1, -0.05) is 54.1 Å². The largest absolute Gasteiger partial charge is 0.488 e. The van der Waals surface area contributed by atoms with E-state index < -0.39 is 63.2 Å². The lowest BCUT2D eigenvalue weighted by Crippen LogP contribution is -2.61. The normalized spacial score (nSPS) is 20.3. The number of benzene rings is 2. The van der Waals surface area contributed by atoms with Crippen LogP contribution in [0.3, 0.4) is 0 Å². The molecule has 3 atom stereocenters. The Balaban J connectivity index is 2.36. The fraction of sp³-hybridized carbons (Fsp3) is 0.519. The van der Waals surface area contributed by atoms with Gasteiger partial charge in [0, 0.05) is 17.7 Å². The fourth-order valence-electron chi connectivity index (χ4n) is 4.24. The Morgan fingerprint density at radius 1 is 0.974 bits per heavy atom. The topological polar surface area (TPSA) is 65.1 Å². The van der Waals surface area contributed by atoms with Crippen LogP contribution in [0.1, 0.15) is 65.5 Å². The van der Waals surface area contributed by atoms with Crippen molar-refractivity contribution in [2.45, 2.75) is 82.1 Å². The van der Waals surface area contributed by atoms with Crippen LogP contribution in [-0.4, -0.2) is 50.8 Å². The van der Waals surface area contributed by atoms with Gasteiger partial charge in [-0.05, 0) is 66.2 Å². The molecule has 214 valence electrons. The first-order valence-corrected chi connectivity index (χ1v) is 13.8. The van der Waals surface area contributed by atoms with E-state index in [0.29, 0.717) is 14.9 Å². The zero-order chi connectivity index (χ0) is 29.6. The molecule has 39 heavy (non-hydrogen) atoms. The molecular weight excluding hydrogens is 554 g/mol. The number of ether oxygens (including phenoxy) is 1. The highest BCUT2D eigenvalue weighted by Crippen LogP contribution is 2.48. The summed E-state index contributed by atoms with van der Waals surface area (Å²) in [6.45, 7) is 11.8. The van der Waals surface area contributed by atoms with Gasteiger partial charge >= 0.3 is 13.3 Å². The summed E-state index contributed by atoms with van der Waals surface area (Å²) in [5.41, 5.74) is -5.40. The number of hydrogen-bond acceptors (Lipinski definition) is 5. The molecule has 0 aliphatic carbocycles. The lowest BCUT2D eigenvalue weighted by Gasteiger charge is -2.42. The second kappa shape index (κ2) is 10.8. The number of nitrogens with zero attached hydrogens (tertiary/aromatic N) is 1. The molecule has 1 fully saturated rings. The number of hydrogen-bond donors (Lipinski definition) is 0. The van der Waals surface area contributed by atoms with E-state index >= 15 is 13.2 Å². The lowest BCUT2D eigenvalue weighted by molar-refractivity contribution is -0.268. The summed E-state index contributed by atoms with van der Waals surface area (Å²) in [4.78, 5) is 14.4. The smallest absolute Gasteiger partial charge is 0.402 e. The van der Waals surface area contributed by atoms with E-state index in [0.717, 1.165) is 19.2 Å². The van der Waals surface area contributed by atoms with Crippen molar-refractivity contribution in [3.8, 4) is 0 Å². The lowest BCUT2D eigenvalue weighted by atomic mass is 9.73. The SMILES string of the molecule is CO[C@@](C(=O)N([C@H](B1OC(C)(C)C(C)(C)O1)c1ccc(Cl)cc1)[S@](=O)C(C)(C)C)(c1ccccc1)C(F)(F)F. The van der Waals surface area contributed by atoms with Crippen molar-refractivity contribution in [1.29, 1.82) is 0 Å². The molecule has 6 nitrogen and oxygen atoms in total. The highest BCUT2D eigenvalue weighted by atomic mass is 35.5. The van der Waals surface area contributed by atoms with Gasteiger partial charge in [0.25, 0.3) is 11.5 Å². The van der Waals surface area contributed by atoms with Crippen molar-refractivity contribution >= 4 is 35.6 Å². The first kappa shape index (κ1) is 31.6. The van der Waals surface area contributed by atoms with Crippen molar-refractivity contribution in [2.24, 2.45) is 0 Å². The summed E-state index contributed by atoms with van der Waals surface area (Å²) in [5.74, 6) is -2.93. The molecule has 0 saturated carbocycles.